The lowest BCUT2D eigenvalue weighted by molar-refractivity contribution is 0.0889. The Morgan fingerprint density at radius 3 is 2.58 bits per heavy atom. The first kappa shape index (κ1) is 14.1. The van der Waals surface area contributed by atoms with E-state index in [1.165, 1.54) is 12.8 Å². The van der Waals surface area contributed by atoms with Crippen molar-refractivity contribution in [2.45, 2.75) is 53.0 Å². The van der Waals surface area contributed by atoms with Gasteiger partial charge >= 0.3 is 0 Å². The zero-order valence-electron chi connectivity index (χ0n) is 12.7. The molecule has 1 saturated carbocycles. The molecule has 19 heavy (non-hydrogen) atoms. The first-order valence-electron chi connectivity index (χ1n) is 7.23. The van der Waals surface area contributed by atoms with E-state index in [-0.39, 0.29) is 5.91 Å². The van der Waals surface area contributed by atoms with Gasteiger partial charge in [-0.1, -0.05) is 26.7 Å². The van der Waals surface area contributed by atoms with Crippen LogP contribution in [0.25, 0.3) is 0 Å². The maximum Gasteiger partial charge on any atom is 0.255 e. The second-order valence-corrected chi connectivity index (χ2v) is 6.02. The van der Waals surface area contributed by atoms with Crippen molar-refractivity contribution in [1.29, 1.82) is 0 Å². The van der Waals surface area contributed by atoms with Crippen LogP contribution in [0.1, 0.15) is 54.9 Å². The lowest BCUT2D eigenvalue weighted by Gasteiger charge is -2.34. The Morgan fingerprint density at radius 2 is 2.00 bits per heavy atom. The van der Waals surface area contributed by atoms with E-state index in [9.17, 15) is 4.79 Å². The smallest absolute Gasteiger partial charge is 0.255 e. The Hall–Kier alpha value is -1.32. The van der Waals surface area contributed by atoms with E-state index < -0.39 is 0 Å². The van der Waals surface area contributed by atoms with Crippen molar-refractivity contribution >= 4 is 5.91 Å². The molecule has 2 rings (SSSR count). The lowest BCUT2D eigenvalue weighted by atomic mass is 9.78. The average molecular weight is 263 g/mol. The van der Waals surface area contributed by atoms with Crippen molar-refractivity contribution in [3.8, 4) is 0 Å². The Bertz CT molecular complexity index is 478. The Labute approximate surface area is 115 Å². The quantitative estimate of drug-likeness (QED) is 0.891. The predicted octanol–water partition coefficient (Wildman–Crippen LogP) is 2.59. The molecule has 1 N–H and O–H groups in total. The van der Waals surface area contributed by atoms with E-state index in [1.54, 1.807) is 4.68 Å². The molecular weight excluding hydrogens is 238 g/mol. The average Bonchev–Trinajstić information content (AvgIpc) is 2.59. The van der Waals surface area contributed by atoms with Crippen LogP contribution >= 0.6 is 0 Å². The van der Waals surface area contributed by atoms with Gasteiger partial charge in [-0.05, 0) is 32.1 Å². The van der Waals surface area contributed by atoms with Crippen molar-refractivity contribution in [2.75, 3.05) is 0 Å². The summed E-state index contributed by atoms with van der Waals surface area (Å²) in [4.78, 5) is 12.5. The zero-order chi connectivity index (χ0) is 14.2. The molecule has 0 radical (unpaired) electrons. The number of nitrogens with zero attached hydrogens (tertiary/aromatic N) is 2. The number of carbonyl (C=O) groups excluding carboxylic acids is 1. The van der Waals surface area contributed by atoms with Gasteiger partial charge in [0, 0.05) is 18.8 Å². The third kappa shape index (κ3) is 2.67. The third-order valence-electron chi connectivity index (χ3n) is 4.76. The fourth-order valence-electron chi connectivity index (χ4n) is 3.13. The lowest BCUT2D eigenvalue weighted by Crippen LogP contribution is -2.44. The van der Waals surface area contributed by atoms with Crippen LogP contribution in [-0.2, 0) is 7.05 Å². The van der Waals surface area contributed by atoms with Crippen molar-refractivity contribution in [3.05, 3.63) is 17.0 Å². The summed E-state index contributed by atoms with van der Waals surface area (Å²) >= 11 is 0. The van der Waals surface area contributed by atoms with E-state index in [2.05, 4.69) is 24.3 Å². The molecule has 1 aromatic rings. The molecule has 1 aromatic heterocycles. The summed E-state index contributed by atoms with van der Waals surface area (Å²) in [7, 11) is 1.88. The number of rotatable bonds is 2. The summed E-state index contributed by atoms with van der Waals surface area (Å²) in [6.45, 7) is 8.37. The highest BCUT2D eigenvalue weighted by atomic mass is 16.1. The molecule has 3 atom stereocenters. The summed E-state index contributed by atoms with van der Waals surface area (Å²) in [5, 5.41) is 7.53. The maximum atomic E-state index is 12.5. The van der Waals surface area contributed by atoms with Gasteiger partial charge < -0.3 is 5.32 Å². The summed E-state index contributed by atoms with van der Waals surface area (Å²) in [6, 6.07) is 0.301. The first-order valence-corrected chi connectivity index (χ1v) is 7.23. The van der Waals surface area contributed by atoms with Gasteiger partial charge in [-0.15, -0.1) is 0 Å². The normalized spacial score (nSPS) is 27.3. The van der Waals surface area contributed by atoms with Gasteiger partial charge in [0.1, 0.15) is 0 Å². The molecule has 0 spiro atoms. The van der Waals surface area contributed by atoms with E-state index >= 15 is 0 Å². The fraction of sp³-hybridized carbons (Fsp3) is 0.733. The van der Waals surface area contributed by atoms with Crippen molar-refractivity contribution in [3.63, 3.8) is 0 Å². The Kier molecular flexibility index (Phi) is 3.97. The summed E-state index contributed by atoms with van der Waals surface area (Å²) in [6.07, 6.45) is 3.58. The van der Waals surface area contributed by atoms with Gasteiger partial charge in [-0.3, -0.25) is 9.48 Å². The van der Waals surface area contributed by atoms with Crippen LogP contribution in [0.3, 0.4) is 0 Å². The molecule has 0 aliphatic heterocycles. The van der Waals surface area contributed by atoms with Gasteiger partial charge in [0.05, 0.1) is 11.3 Å². The molecule has 0 aromatic carbocycles. The molecule has 1 heterocycles. The van der Waals surface area contributed by atoms with Crippen molar-refractivity contribution < 1.29 is 4.79 Å². The number of hydrogen-bond acceptors (Lipinski definition) is 2. The van der Waals surface area contributed by atoms with E-state index in [1.807, 2.05) is 20.9 Å². The van der Waals surface area contributed by atoms with Crippen molar-refractivity contribution in [2.24, 2.45) is 18.9 Å². The van der Waals surface area contributed by atoms with E-state index in [4.69, 9.17) is 0 Å². The minimum Gasteiger partial charge on any atom is -0.349 e. The summed E-state index contributed by atoms with van der Waals surface area (Å²) in [5.74, 6) is 1.28. The van der Waals surface area contributed by atoms with Crippen LogP contribution in [0.4, 0.5) is 0 Å². The number of aromatic nitrogens is 2. The van der Waals surface area contributed by atoms with Crippen molar-refractivity contribution in [1.82, 2.24) is 15.1 Å². The minimum absolute atomic E-state index is 0.0362. The van der Waals surface area contributed by atoms with Gasteiger partial charge in [-0.25, -0.2) is 0 Å². The third-order valence-corrected chi connectivity index (χ3v) is 4.76. The number of aryl methyl sites for hydroxylation is 2. The molecule has 4 heteroatoms. The monoisotopic (exact) mass is 263 g/mol. The summed E-state index contributed by atoms with van der Waals surface area (Å²) in [5.41, 5.74) is 2.49. The second kappa shape index (κ2) is 5.35. The largest absolute Gasteiger partial charge is 0.349 e. The number of nitrogens with one attached hydrogen (secondary N) is 1. The molecule has 0 unspecified atom stereocenters. The molecule has 1 aliphatic rings. The van der Waals surface area contributed by atoms with Crippen LogP contribution in [0.15, 0.2) is 0 Å². The first-order chi connectivity index (χ1) is 8.91. The molecule has 1 fully saturated rings. The standard InChI is InChI=1S/C15H25N3O/c1-9-7-6-8-13(10(9)2)16-15(19)14-11(3)17-18(5)12(14)4/h9-10,13H,6-8H2,1-5H3,(H,16,19)/t9-,10-,13-/m1/s1. The number of hydrogen-bond donors (Lipinski definition) is 1. The van der Waals surface area contributed by atoms with Crippen LogP contribution in [0, 0.1) is 25.7 Å². The molecule has 0 saturated heterocycles. The van der Waals surface area contributed by atoms with Gasteiger partial charge in [0.25, 0.3) is 5.91 Å². The fourth-order valence-corrected chi connectivity index (χ4v) is 3.13. The predicted molar refractivity (Wildman–Crippen MR) is 76.1 cm³/mol. The molecule has 1 amide bonds. The Balaban J connectivity index is 2.12. The molecular formula is C15H25N3O. The zero-order valence-corrected chi connectivity index (χ0v) is 12.7. The highest BCUT2D eigenvalue weighted by molar-refractivity contribution is 5.96. The number of carbonyl (C=O) groups is 1. The molecule has 1 aliphatic carbocycles. The Morgan fingerprint density at radius 1 is 1.32 bits per heavy atom. The van der Waals surface area contributed by atoms with E-state index in [0.717, 1.165) is 23.4 Å². The molecule has 106 valence electrons. The highest BCUT2D eigenvalue weighted by Crippen LogP contribution is 2.29. The summed E-state index contributed by atoms with van der Waals surface area (Å²) < 4.78 is 1.77. The van der Waals surface area contributed by atoms with Gasteiger partial charge in [0.15, 0.2) is 0 Å². The maximum absolute atomic E-state index is 12.5. The highest BCUT2D eigenvalue weighted by Gasteiger charge is 2.29. The minimum atomic E-state index is 0.0362. The molecule has 4 nitrogen and oxygen atoms in total. The van der Waals surface area contributed by atoms with Crippen LogP contribution in [0.5, 0.6) is 0 Å². The van der Waals surface area contributed by atoms with Gasteiger partial charge in [-0.2, -0.15) is 5.10 Å². The molecule has 0 bridgehead atoms. The van der Waals surface area contributed by atoms with Gasteiger partial charge in [0.2, 0.25) is 0 Å². The SMILES string of the molecule is Cc1nn(C)c(C)c1C(=O)N[C@@H]1CCC[C@@H](C)[C@H]1C. The van der Waals surface area contributed by atoms with E-state index in [0.29, 0.717) is 17.9 Å². The number of amides is 1. The second-order valence-electron chi connectivity index (χ2n) is 6.02. The van der Waals surface area contributed by atoms with Crippen LogP contribution < -0.4 is 5.32 Å². The topological polar surface area (TPSA) is 46.9 Å². The van der Waals surface area contributed by atoms with Crippen LogP contribution in [0.2, 0.25) is 0 Å². The van der Waals surface area contributed by atoms with Crippen LogP contribution in [-0.4, -0.2) is 21.7 Å².